The summed E-state index contributed by atoms with van der Waals surface area (Å²) >= 11 is 11.9. The van der Waals surface area contributed by atoms with Crippen molar-refractivity contribution in [1.29, 1.82) is 0 Å². The third-order valence-corrected chi connectivity index (χ3v) is 7.66. The van der Waals surface area contributed by atoms with Gasteiger partial charge in [-0.15, -0.1) is 0 Å². The molecular formula is C21H34Cl2OSi. The molecule has 0 saturated heterocycles. The van der Waals surface area contributed by atoms with E-state index >= 15 is 0 Å². The van der Waals surface area contributed by atoms with Crippen LogP contribution in [0.2, 0.25) is 6.04 Å². The van der Waals surface area contributed by atoms with E-state index < -0.39 is 7.42 Å². The Morgan fingerprint density at radius 1 is 1.16 bits per heavy atom. The second-order valence-corrected chi connectivity index (χ2v) is 12.6. The Hall–Kier alpha value is -0.183. The zero-order chi connectivity index (χ0) is 18.1. The second-order valence-electron chi connectivity index (χ2n) is 7.41. The minimum atomic E-state index is -1.51. The van der Waals surface area contributed by atoms with Crippen molar-refractivity contribution in [3.63, 3.8) is 0 Å². The monoisotopic (exact) mass is 400 g/mol. The molecule has 0 bridgehead atoms. The van der Waals surface area contributed by atoms with Crippen molar-refractivity contribution >= 4 is 29.6 Å². The molecule has 0 spiro atoms. The molecule has 1 fully saturated rings. The highest BCUT2D eigenvalue weighted by atomic mass is 35.7. The van der Waals surface area contributed by atoms with Crippen molar-refractivity contribution in [2.24, 2.45) is 0 Å². The van der Waals surface area contributed by atoms with Crippen LogP contribution in [0.25, 0.3) is 0 Å². The highest BCUT2D eigenvalue weighted by molar-refractivity contribution is 7.33. The summed E-state index contributed by atoms with van der Waals surface area (Å²) in [4.78, 5) is 0. The quantitative estimate of drug-likeness (QED) is 0.224. The number of rotatable bonds is 10. The standard InChI is InChI=1S/C21H34Cl2OSi/c1-3-9-17(4-2)19-12-13-21(24-14-8-15-25(22)23)20(16-19)18-10-6-5-7-11-18/h12-13,16-18,25H,3-11,14-15H2,1-2H3. The zero-order valence-corrected chi connectivity index (χ0v) is 18.6. The molecule has 1 atom stereocenters. The lowest BCUT2D eigenvalue weighted by atomic mass is 9.81. The smallest absolute Gasteiger partial charge is 0.237 e. The first-order valence-electron chi connectivity index (χ1n) is 10.2. The van der Waals surface area contributed by atoms with Gasteiger partial charge in [0, 0.05) is 0 Å². The highest BCUT2D eigenvalue weighted by Crippen LogP contribution is 2.40. The third-order valence-electron chi connectivity index (χ3n) is 5.50. The van der Waals surface area contributed by atoms with Crippen LogP contribution in [0.1, 0.15) is 94.6 Å². The first kappa shape index (κ1) is 21.1. The van der Waals surface area contributed by atoms with E-state index in [2.05, 4.69) is 32.0 Å². The Morgan fingerprint density at radius 2 is 1.92 bits per heavy atom. The van der Waals surface area contributed by atoms with Crippen LogP contribution in [0.5, 0.6) is 5.75 Å². The van der Waals surface area contributed by atoms with Gasteiger partial charge in [-0.05, 0) is 67.2 Å². The Morgan fingerprint density at radius 3 is 2.56 bits per heavy atom. The molecule has 0 aliphatic heterocycles. The third kappa shape index (κ3) is 6.80. The minimum Gasteiger partial charge on any atom is -0.493 e. The highest BCUT2D eigenvalue weighted by Gasteiger charge is 2.21. The van der Waals surface area contributed by atoms with Crippen molar-refractivity contribution in [3.05, 3.63) is 29.3 Å². The van der Waals surface area contributed by atoms with Crippen molar-refractivity contribution in [2.45, 2.75) is 89.5 Å². The number of hydrogen-bond acceptors (Lipinski definition) is 1. The molecule has 4 heteroatoms. The van der Waals surface area contributed by atoms with Gasteiger partial charge in [-0.1, -0.05) is 51.7 Å². The van der Waals surface area contributed by atoms with E-state index in [-0.39, 0.29) is 0 Å². The van der Waals surface area contributed by atoms with Gasteiger partial charge in [0.05, 0.1) is 6.61 Å². The van der Waals surface area contributed by atoms with Gasteiger partial charge in [-0.25, -0.2) is 0 Å². The predicted molar refractivity (Wildman–Crippen MR) is 114 cm³/mol. The average Bonchev–Trinajstić information content (AvgIpc) is 2.64. The van der Waals surface area contributed by atoms with Crippen LogP contribution in [-0.4, -0.2) is 14.0 Å². The summed E-state index contributed by atoms with van der Waals surface area (Å²) in [6.07, 6.45) is 11.4. The van der Waals surface area contributed by atoms with Crippen molar-refractivity contribution in [3.8, 4) is 5.75 Å². The summed E-state index contributed by atoms with van der Waals surface area (Å²) in [7, 11) is -1.51. The Balaban J connectivity index is 2.15. The molecular weight excluding hydrogens is 367 g/mol. The maximum absolute atomic E-state index is 6.17. The molecule has 142 valence electrons. The molecule has 1 aliphatic rings. The summed E-state index contributed by atoms with van der Waals surface area (Å²) in [5.41, 5.74) is 2.96. The van der Waals surface area contributed by atoms with Crippen LogP contribution in [-0.2, 0) is 0 Å². The van der Waals surface area contributed by atoms with Gasteiger partial charge in [0.2, 0.25) is 7.42 Å². The first-order valence-corrected chi connectivity index (χ1v) is 14.5. The van der Waals surface area contributed by atoms with E-state index in [9.17, 15) is 0 Å². The Labute approximate surface area is 165 Å². The van der Waals surface area contributed by atoms with E-state index in [1.165, 1.54) is 62.5 Å². The summed E-state index contributed by atoms with van der Waals surface area (Å²) in [5, 5.41) is 0. The number of ether oxygens (including phenoxy) is 1. The lowest BCUT2D eigenvalue weighted by molar-refractivity contribution is 0.307. The van der Waals surface area contributed by atoms with Crippen LogP contribution in [0, 0.1) is 0 Å². The lowest BCUT2D eigenvalue weighted by Gasteiger charge is -2.26. The molecule has 1 unspecified atom stereocenters. The molecule has 1 aromatic rings. The number of hydrogen-bond donors (Lipinski definition) is 0. The van der Waals surface area contributed by atoms with E-state index in [1.54, 1.807) is 0 Å². The molecule has 1 nitrogen and oxygen atoms in total. The van der Waals surface area contributed by atoms with Crippen molar-refractivity contribution in [1.82, 2.24) is 0 Å². The van der Waals surface area contributed by atoms with Crippen LogP contribution < -0.4 is 4.74 Å². The molecule has 0 aromatic heterocycles. The van der Waals surface area contributed by atoms with Gasteiger partial charge in [0.1, 0.15) is 5.75 Å². The minimum absolute atomic E-state index is 0.672. The fourth-order valence-corrected chi connectivity index (χ4v) is 5.46. The van der Waals surface area contributed by atoms with E-state index in [4.69, 9.17) is 26.9 Å². The molecule has 0 N–H and O–H groups in total. The van der Waals surface area contributed by atoms with Crippen molar-refractivity contribution in [2.75, 3.05) is 6.61 Å². The van der Waals surface area contributed by atoms with Crippen LogP contribution in [0.3, 0.4) is 0 Å². The van der Waals surface area contributed by atoms with Crippen molar-refractivity contribution < 1.29 is 4.74 Å². The molecule has 0 heterocycles. The maximum atomic E-state index is 6.17. The molecule has 0 amide bonds. The average molecular weight is 401 g/mol. The van der Waals surface area contributed by atoms with E-state index in [1.807, 2.05) is 0 Å². The number of benzene rings is 1. The first-order chi connectivity index (χ1) is 12.2. The van der Waals surface area contributed by atoms with Gasteiger partial charge in [0.25, 0.3) is 0 Å². The molecule has 25 heavy (non-hydrogen) atoms. The van der Waals surface area contributed by atoms with Gasteiger partial charge >= 0.3 is 0 Å². The summed E-state index contributed by atoms with van der Waals surface area (Å²) in [6, 6.07) is 7.92. The van der Waals surface area contributed by atoms with Gasteiger partial charge < -0.3 is 4.74 Å². The fourth-order valence-electron chi connectivity index (χ4n) is 4.06. The van der Waals surface area contributed by atoms with Gasteiger partial charge in [-0.3, -0.25) is 0 Å². The van der Waals surface area contributed by atoms with Crippen LogP contribution >= 0.6 is 22.2 Å². The second kappa shape index (κ2) is 11.5. The van der Waals surface area contributed by atoms with E-state index in [0.29, 0.717) is 11.8 Å². The molecule has 2 rings (SSSR count). The largest absolute Gasteiger partial charge is 0.493 e. The summed E-state index contributed by atoms with van der Waals surface area (Å²) in [5.74, 6) is 2.45. The Kier molecular flexibility index (Phi) is 9.73. The maximum Gasteiger partial charge on any atom is 0.237 e. The summed E-state index contributed by atoms with van der Waals surface area (Å²) < 4.78 is 6.17. The Bertz CT molecular complexity index is 501. The molecule has 1 aliphatic carbocycles. The van der Waals surface area contributed by atoms with Gasteiger partial charge in [-0.2, -0.15) is 22.2 Å². The molecule has 1 saturated carbocycles. The number of halogens is 2. The van der Waals surface area contributed by atoms with Crippen LogP contribution in [0.4, 0.5) is 0 Å². The summed E-state index contributed by atoms with van der Waals surface area (Å²) in [6.45, 7) is 5.32. The fraction of sp³-hybridized carbons (Fsp3) is 0.714. The lowest BCUT2D eigenvalue weighted by Crippen LogP contribution is -2.10. The predicted octanol–water partition coefficient (Wildman–Crippen LogP) is 7.50. The normalized spacial score (nSPS) is 17.0. The van der Waals surface area contributed by atoms with E-state index in [0.717, 1.165) is 24.8 Å². The van der Waals surface area contributed by atoms with Gasteiger partial charge in [0.15, 0.2) is 0 Å². The topological polar surface area (TPSA) is 9.23 Å². The SMILES string of the molecule is CCCC(CC)c1ccc(OCCC[SiH](Cl)Cl)c(C2CCCCC2)c1. The molecule has 1 aromatic carbocycles. The van der Waals surface area contributed by atoms with Crippen LogP contribution in [0.15, 0.2) is 18.2 Å². The molecule has 0 radical (unpaired) electrons. The zero-order valence-electron chi connectivity index (χ0n) is 15.9.